The SMILES string of the molecule is [C-]#[N+]c1ccc(-c2ccccc2-c2ccc3cc(-c4cc5ccccc5c5ccccc45)ccc3c2)cc1. The van der Waals surface area contributed by atoms with Crippen molar-refractivity contribution in [1.82, 2.24) is 0 Å². The Bertz CT molecular complexity index is 2020. The highest BCUT2D eigenvalue weighted by molar-refractivity contribution is 6.14. The standard InChI is InChI=1S/C37H23N/c1-38-31-20-18-25(19-21-31)32-9-4-5-10-33(32)29-16-14-27-23-30(17-15-26(27)22-29)37-24-28-8-2-3-11-34(28)35-12-6-7-13-36(35)37/h2-24H. The van der Waals surface area contributed by atoms with E-state index in [4.69, 9.17) is 6.57 Å². The van der Waals surface area contributed by atoms with Crippen LogP contribution in [0, 0.1) is 6.57 Å². The third kappa shape index (κ3) is 3.72. The quantitative estimate of drug-likeness (QED) is 0.175. The maximum Gasteiger partial charge on any atom is 0.187 e. The molecule has 0 amide bonds. The maximum atomic E-state index is 7.24. The average molecular weight is 482 g/mol. The van der Waals surface area contributed by atoms with Gasteiger partial charge < -0.3 is 0 Å². The van der Waals surface area contributed by atoms with Crippen molar-refractivity contribution in [3.63, 3.8) is 0 Å². The van der Waals surface area contributed by atoms with Crippen molar-refractivity contribution in [2.24, 2.45) is 0 Å². The van der Waals surface area contributed by atoms with Gasteiger partial charge in [0.05, 0.1) is 6.57 Å². The zero-order valence-corrected chi connectivity index (χ0v) is 20.7. The first kappa shape index (κ1) is 22.0. The molecule has 0 fully saturated rings. The highest BCUT2D eigenvalue weighted by atomic mass is 14.6. The largest absolute Gasteiger partial charge is 0.238 e. The van der Waals surface area contributed by atoms with E-state index in [0.717, 1.165) is 5.56 Å². The summed E-state index contributed by atoms with van der Waals surface area (Å²) in [4.78, 5) is 3.53. The van der Waals surface area contributed by atoms with Crippen LogP contribution in [0.15, 0.2) is 140 Å². The van der Waals surface area contributed by atoms with Crippen molar-refractivity contribution in [1.29, 1.82) is 0 Å². The van der Waals surface area contributed by atoms with Crippen molar-refractivity contribution in [3.8, 4) is 33.4 Å². The lowest BCUT2D eigenvalue weighted by Gasteiger charge is -2.13. The molecule has 0 N–H and O–H groups in total. The summed E-state index contributed by atoms with van der Waals surface area (Å²) in [5.41, 5.74) is 7.81. The monoisotopic (exact) mass is 481 g/mol. The maximum absolute atomic E-state index is 7.24. The summed E-state index contributed by atoms with van der Waals surface area (Å²) in [5, 5.41) is 7.56. The third-order valence-corrected chi connectivity index (χ3v) is 7.46. The van der Waals surface area contributed by atoms with E-state index >= 15 is 0 Å². The van der Waals surface area contributed by atoms with E-state index in [2.05, 4.69) is 120 Å². The van der Waals surface area contributed by atoms with Crippen LogP contribution in [-0.2, 0) is 0 Å². The Morgan fingerprint density at radius 3 is 1.58 bits per heavy atom. The Morgan fingerprint density at radius 1 is 0.368 bits per heavy atom. The van der Waals surface area contributed by atoms with Crippen molar-refractivity contribution in [2.45, 2.75) is 0 Å². The van der Waals surface area contributed by atoms with Crippen molar-refractivity contribution in [3.05, 3.63) is 151 Å². The molecule has 176 valence electrons. The van der Waals surface area contributed by atoms with Gasteiger partial charge in [-0.15, -0.1) is 0 Å². The Hall–Kier alpha value is -5.19. The molecule has 0 saturated heterocycles. The second kappa shape index (κ2) is 9.04. The van der Waals surface area contributed by atoms with Crippen LogP contribution in [-0.4, -0.2) is 0 Å². The topological polar surface area (TPSA) is 4.36 Å². The molecule has 0 unspecified atom stereocenters. The molecule has 0 atom stereocenters. The average Bonchev–Trinajstić information content (AvgIpc) is 3.00. The Balaban J connectivity index is 1.34. The van der Waals surface area contributed by atoms with E-state index in [-0.39, 0.29) is 0 Å². The molecule has 1 heteroatoms. The van der Waals surface area contributed by atoms with Crippen molar-refractivity contribution in [2.75, 3.05) is 0 Å². The third-order valence-electron chi connectivity index (χ3n) is 7.46. The van der Waals surface area contributed by atoms with Crippen molar-refractivity contribution >= 4 is 38.0 Å². The molecule has 0 aliphatic rings. The molecule has 0 heterocycles. The smallest absolute Gasteiger partial charge is 0.187 e. The molecule has 0 spiro atoms. The van der Waals surface area contributed by atoms with E-state index in [1.54, 1.807) is 0 Å². The van der Waals surface area contributed by atoms with Crippen LogP contribution in [0.25, 0.3) is 70.5 Å². The molecule has 0 aliphatic heterocycles. The van der Waals surface area contributed by atoms with Gasteiger partial charge in [-0.25, -0.2) is 4.85 Å². The van der Waals surface area contributed by atoms with E-state index in [0.29, 0.717) is 5.69 Å². The number of hydrogen-bond acceptors (Lipinski definition) is 0. The van der Waals surface area contributed by atoms with Crippen LogP contribution in [0.4, 0.5) is 5.69 Å². The Kier molecular flexibility index (Phi) is 5.24. The summed E-state index contributed by atoms with van der Waals surface area (Å²) >= 11 is 0. The highest BCUT2D eigenvalue weighted by Crippen LogP contribution is 2.38. The lowest BCUT2D eigenvalue weighted by molar-refractivity contribution is 1.59. The lowest BCUT2D eigenvalue weighted by atomic mass is 9.91. The molecule has 0 aliphatic carbocycles. The van der Waals surface area contributed by atoms with Crippen LogP contribution in [0.3, 0.4) is 0 Å². The fraction of sp³-hybridized carbons (Fsp3) is 0. The summed E-state index contributed by atoms with van der Waals surface area (Å²) in [5.74, 6) is 0. The van der Waals surface area contributed by atoms with Gasteiger partial charge in [-0.1, -0.05) is 121 Å². The van der Waals surface area contributed by atoms with Gasteiger partial charge in [-0.05, 0) is 83.9 Å². The number of hydrogen-bond donors (Lipinski definition) is 0. The fourth-order valence-corrected chi connectivity index (χ4v) is 5.58. The van der Waals surface area contributed by atoms with E-state index < -0.39 is 0 Å². The Morgan fingerprint density at radius 2 is 0.895 bits per heavy atom. The minimum Gasteiger partial charge on any atom is -0.238 e. The van der Waals surface area contributed by atoms with Gasteiger partial charge in [-0.3, -0.25) is 0 Å². The van der Waals surface area contributed by atoms with Crippen LogP contribution in [0.1, 0.15) is 0 Å². The molecule has 7 aromatic rings. The molecule has 7 aromatic carbocycles. The predicted molar refractivity (Wildman–Crippen MR) is 162 cm³/mol. The summed E-state index contributed by atoms with van der Waals surface area (Å²) < 4.78 is 0. The zero-order chi connectivity index (χ0) is 25.5. The molecule has 1 nitrogen and oxygen atoms in total. The molecule has 38 heavy (non-hydrogen) atoms. The second-order valence-electron chi connectivity index (χ2n) is 9.67. The second-order valence-corrected chi connectivity index (χ2v) is 9.67. The minimum atomic E-state index is 0.659. The predicted octanol–water partition coefficient (Wildman–Crippen LogP) is 10.7. The molecule has 0 radical (unpaired) electrons. The minimum absolute atomic E-state index is 0.659. The molecule has 0 aromatic heterocycles. The van der Waals surface area contributed by atoms with Crippen LogP contribution < -0.4 is 0 Å². The van der Waals surface area contributed by atoms with Gasteiger partial charge in [0.25, 0.3) is 0 Å². The molecule has 0 bridgehead atoms. The first-order valence-electron chi connectivity index (χ1n) is 12.8. The summed E-state index contributed by atoms with van der Waals surface area (Å²) in [6.45, 7) is 7.24. The molecule has 0 saturated carbocycles. The summed E-state index contributed by atoms with van der Waals surface area (Å²) in [7, 11) is 0. The summed E-state index contributed by atoms with van der Waals surface area (Å²) in [6.07, 6.45) is 0. The van der Waals surface area contributed by atoms with Gasteiger partial charge in [0, 0.05) is 0 Å². The van der Waals surface area contributed by atoms with Gasteiger partial charge in [-0.2, -0.15) is 0 Å². The number of rotatable bonds is 3. The summed E-state index contributed by atoms with van der Waals surface area (Å²) in [6, 6.07) is 49.5. The Labute approximate surface area is 222 Å². The fourth-order valence-electron chi connectivity index (χ4n) is 5.58. The molecular formula is C37H23N. The van der Waals surface area contributed by atoms with Gasteiger partial charge in [0.2, 0.25) is 0 Å². The number of nitrogens with zero attached hydrogens (tertiary/aromatic N) is 1. The van der Waals surface area contributed by atoms with Crippen LogP contribution in [0.5, 0.6) is 0 Å². The number of fused-ring (bicyclic) bond motifs is 4. The van der Waals surface area contributed by atoms with Crippen LogP contribution in [0.2, 0.25) is 0 Å². The lowest BCUT2D eigenvalue weighted by Crippen LogP contribution is -1.87. The van der Waals surface area contributed by atoms with Crippen LogP contribution >= 0.6 is 0 Å². The van der Waals surface area contributed by atoms with Gasteiger partial charge in [0.1, 0.15) is 0 Å². The molecular weight excluding hydrogens is 458 g/mol. The van der Waals surface area contributed by atoms with Gasteiger partial charge in [0.15, 0.2) is 5.69 Å². The van der Waals surface area contributed by atoms with E-state index in [1.807, 2.05) is 24.3 Å². The molecule has 7 rings (SSSR count). The number of benzene rings is 7. The van der Waals surface area contributed by atoms with Crippen molar-refractivity contribution < 1.29 is 0 Å². The van der Waals surface area contributed by atoms with E-state index in [9.17, 15) is 0 Å². The zero-order valence-electron chi connectivity index (χ0n) is 20.7. The highest BCUT2D eigenvalue weighted by Gasteiger charge is 2.11. The first-order chi connectivity index (χ1) is 18.8. The normalized spacial score (nSPS) is 11.1. The first-order valence-corrected chi connectivity index (χ1v) is 12.8. The van der Waals surface area contributed by atoms with E-state index in [1.165, 1.54) is 60.1 Å². The van der Waals surface area contributed by atoms with Gasteiger partial charge >= 0.3 is 0 Å².